The number of Topliss-reactive ketones (excluding diaryl/α,β-unsaturated/α-hetero) is 2. The summed E-state index contributed by atoms with van der Waals surface area (Å²) < 4.78 is 5.90. The van der Waals surface area contributed by atoms with Crippen LogP contribution in [0.2, 0.25) is 0 Å². The molecular formula is C20H16O3. The van der Waals surface area contributed by atoms with Gasteiger partial charge in [0.05, 0.1) is 0 Å². The number of ketones is 2. The van der Waals surface area contributed by atoms with Crippen molar-refractivity contribution in [2.24, 2.45) is 0 Å². The van der Waals surface area contributed by atoms with Crippen LogP contribution in [0.3, 0.4) is 0 Å². The van der Waals surface area contributed by atoms with Crippen molar-refractivity contribution in [2.45, 2.75) is 13.8 Å². The summed E-state index contributed by atoms with van der Waals surface area (Å²) in [4.78, 5) is 23.0. The van der Waals surface area contributed by atoms with Crippen LogP contribution in [0.25, 0.3) is 22.6 Å². The highest BCUT2D eigenvalue weighted by molar-refractivity contribution is 5.95. The molecule has 3 aromatic rings. The molecule has 0 spiro atoms. The molecule has 3 heteroatoms. The summed E-state index contributed by atoms with van der Waals surface area (Å²) in [6.45, 7) is 3.08. The van der Waals surface area contributed by atoms with Crippen molar-refractivity contribution in [2.75, 3.05) is 0 Å². The van der Waals surface area contributed by atoms with Crippen molar-refractivity contribution in [3.63, 3.8) is 0 Å². The Morgan fingerprint density at radius 3 is 1.52 bits per heavy atom. The third-order valence-corrected chi connectivity index (χ3v) is 3.71. The maximum absolute atomic E-state index is 11.5. The second kappa shape index (κ2) is 6.05. The molecule has 0 saturated heterocycles. The van der Waals surface area contributed by atoms with E-state index in [9.17, 15) is 9.59 Å². The minimum absolute atomic E-state index is 0.0211. The van der Waals surface area contributed by atoms with Crippen LogP contribution < -0.4 is 0 Å². The van der Waals surface area contributed by atoms with E-state index in [4.69, 9.17) is 4.42 Å². The predicted octanol–water partition coefficient (Wildman–Crippen LogP) is 5.02. The highest BCUT2D eigenvalue weighted by Crippen LogP contribution is 2.29. The molecule has 3 rings (SSSR count). The summed E-state index contributed by atoms with van der Waals surface area (Å²) in [6, 6.07) is 18.4. The van der Waals surface area contributed by atoms with Gasteiger partial charge in [-0.25, -0.2) is 0 Å². The molecule has 0 aliphatic heterocycles. The van der Waals surface area contributed by atoms with Gasteiger partial charge in [0.2, 0.25) is 0 Å². The molecule has 0 unspecified atom stereocenters. The number of hydrogen-bond donors (Lipinski definition) is 0. The maximum atomic E-state index is 11.5. The molecule has 0 amide bonds. The van der Waals surface area contributed by atoms with E-state index in [1.165, 1.54) is 0 Å². The minimum Gasteiger partial charge on any atom is -0.456 e. The van der Waals surface area contributed by atoms with E-state index in [1.54, 1.807) is 26.0 Å². The van der Waals surface area contributed by atoms with Gasteiger partial charge in [0.15, 0.2) is 11.6 Å². The Morgan fingerprint density at radius 1 is 0.696 bits per heavy atom. The molecule has 1 heterocycles. The summed E-state index contributed by atoms with van der Waals surface area (Å²) >= 11 is 0. The average Bonchev–Trinajstić information content (AvgIpc) is 3.05. The zero-order valence-corrected chi connectivity index (χ0v) is 13.0. The lowest BCUT2D eigenvalue weighted by Gasteiger charge is -2.02. The van der Waals surface area contributed by atoms with Crippen molar-refractivity contribution in [3.8, 4) is 22.6 Å². The monoisotopic (exact) mass is 304 g/mol. The minimum atomic E-state index is 0.0211. The third-order valence-electron chi connectivity index (χ3n) is 3.71. The molecule has 0 radical (unpaired) electrons. The van der Waals surface area contributed by atoms with Crippen molar-refractivity contribution in [3.05, 3.63) is 71.8 Å². The molecule has 0 bridgehead atoms. The van der Waals surface area contributed by atoms with Crippen molar-refractivity contribution >= 4 is 11.6 Å². The topological polar surface area (TPSA) is 47.3 Å². The number of carbonyl (C=O) groups is 2. The van der Waals surface area contributed by atoms with Crippen LogP contribution in [0.4, 0.5) is 0 Å². The number of furan rings is 1. The fraction of sp³-hybridized carbons (Fsp3) is 0.100. The van der Waals surface area contributed by atoms with Gasteiger partial charge in [-0.15, -0.1) is 0 Å². The maximum Gasteiger partial charge on any atom is 0.159 e. The lowest BCUT2D eigenvalue weighted by molar-refractivity contribution is 0.100. The molecule has 23 heavy (non-hydrogen) atoms. The SMILES string of the molecule is CC(=O)c1cccc(-c2ccc(-c3cccc(C(C)=O)c3)o2)c1. The van der Waals surface area contributed by atoms with Gasteiger partial charge in [-0.2, -0.15) is 0 Å². The van der Waals surface area contributed by atoms with Crippen LogP contribution in [0.1, 0.15) is 34.6 Å². The normalized spacial score (nSPS) is 10.5. The van der Waals surface area contributed by atoms with Crippen molar-refractivity contribution in [1.82, 2.24) is 0 Å². The van der Waals surface area contributed by atoms with Crippen LogP contribution in [-0.4, -0.2) is 11.6 Å². The molecule has 0 fully saturated rings. The second-order valence-electron chi connectivity index (χ2n) is 5.44. The standard InChI is InChI=1S/C20H16O3/c1-13(21)15-5-3-7-17(11-15)19-9-10-20(23-19)18-8-4-6-16(12-18)14(2)22/h3-12H,1-2H3. The van der Waals surface area contributed by atoms with Crippen LogP contribution in [0.15, 0.2) is 65.1 Å². The first-order valence-electron chi connectivity index (χ1n) is 7.37. The van der Waals surface area contributed by atoms with E-state index in [2.05, 4.69) is 0 Å². The molecule has 0 N–H and O–H groups in total. The Kier molecular flexibility index (Phi) is 3.94. The summed E-state index contributed by atoms with van der Waals surface area (Å²) in [5, 5.41) is 0. The molecule has 0 aliphatic rings. The zero-order valence-electron chi connectivity index (χ0n) is 13.0. The summed E-state index contributed by atoms with van der Waals surface area (Å²) in [7, 11) is 0. The van der Waals surface area contributed by atoms with Crippen LogP contribution in [0.5, 0.6) is 0 Å². The molecule has 1 aromatic heterocycles. The van der Waals surface area contributed by atoms with E-state index < -0.39 is 0 Å². The summed E-state index contributed by atoms with van der Waals surface area (Å²) in [5.41, 5.74) is 3.01. The Balaban J connectivity index is 1.97. The lowest BCUT2D eigenvalue weighted by Crippen LogP contribution is -1.91. The van der Waals surface area contributed by atoms with E-state index >= 15 is 0 Å². The smallest absolute Gasteiger partial charge is 0.159 e. The van der Waals surface area contributed by atoms with Gasteiger partial charge in [-0.05, 0) is 38.1 Å². The van der Waals surface area contributed by atoms with Gasteiger partial charge in [-0.3, -0.25) is 9.59 Å². The van der Waals surface area contributed by atoms with Gasteiger partial charge in [-0.1, -0.05) is 36.4 Å². The molecule has 3 nitrogen and oxygen atoms in total. The first-order valence-corrected chi connectivity index (χ1v) is 7.37. The van der Waals surface area contributed by atoms with Crippen LogP contribution in [0, 0.1) is 0 Å². The Labute approximate surface area is 134 Å². The number of hydrogen-bond acceptors (Lipinski definition) is 3. The van der Waals surface area contributed by atoms with Crippen LogP contribution >= 0.6 is 0 Å². The van der Waals surface area contributed by atoms with Gasteiger partial charge in [0.1, 0.15) is 11.5 Å². The van der Waals surface area contributed by atoms with Crippen molar-refractivity contribution < 1.29 is 14.0 Å². The molecule has 0 atom stereocenters. The Hall–Kier alpha value is -2.94. The van der Waals surface area contributed by atoms with Gasteiger partial charge < -0.3 is 4.42 Å². The zero-order chi connectivity index (χ0) is 16.4. The Bertz CT molecular complexity index is 815. The Morgan fingerprint density at radius 2 is 1.13 bits per heavy atom. The van der Waals surface area contributed by atoms with Crippen LogP contribution in [-0.2, 0) is 0 Å². The number of benzene rings is 2. The summed E-state index contributed by atoms with van der Waals surface area (Å²) in [6.07, 6.45) is 0. The predicted molar refractivity (Wildman–Crippen MR) is 89.6 cm³/mol. The fourth-order valence-corrected chi connectivity index (χ4v) is 2.43. The second-order valence-corrected chi connectivity index (χ2v) is 5.44. The van der Waals surface area contributed by atoms with E-state index in [1.807, 2.05) is 48.5 Å². The molecule has 0 aliphatic carbocycles. The first-order chi connectivity index (χ1) is 11.0. The third kappa shape index (κ3) is 3.14. The molecule has 2 aromatic carbocycles. The summed E-state index contributed by atoms with van der Waals surface area (Å²) in [5.74, 6) is 1.42. The van der Waals surface area contributed by atoms with Crippen molar-refractivity contribution in [1.29, 1.82) is 0 Å². The van der Waals surface area contributed by atoms with E-state index in [0.717, 1.165) is 11.1 Å². The highest BCUT2D eigenvalue weighted by atomic mass is 16.3. The number of rotatable bonds is 4. The molecule has 114 valence electrons. The molecule has 0 saturated carbocycles. The largest absolute Gasteiger partial charge is 0.456 e. The molecular weight excluding hydrogens is 288 g/mol. The average molecular weight is 304 g/mol. The van der Waals surface area contributed by atoms with E-state index in [-0.39, 0.29) is 11.6 Å². The van der Waals surface area contributed by atoms with Gasteiger partial charge in [0.25, 0.3) is 0 Å². The quantitative estimate of drug-likeness (QED) is 0.636. The van der Waals surface area contributed by atoms with Gasteiger partial charge >= 0.3 is 0 Å². The van der Waals surface area contributed by atoms with Gasteiger partial charge in [0, 0.05) is 22.3 Å². The lowest BCUT2D eigenvalue weighted by atomic mass is 10.1. The number of carbonyl (C=O) groups excluding carboxylic acids is 2. The fourth-order valence-electron chi connectivity index (χ4n) is 2.43. The highest BCUT2D eigenvalue weighted by Gasteiger charge is 2.10. The van der Waals surface area contributed by atoms with E-state index in [0.29, 0.717) is 22.6 Å². The first kappa shape index (κ1) is 15.0.